The van der Waals surface area contributed by atoms with Crippen LogP contribution in [0.15, 0.2) is 48.5 Å². The van der Waals surface area contributed by atoms with Crippen molar-refractivity contribution in [2.75, 3.05) is 5.32 Å². The fourth-order valence-corrected chi connectivity index (χ4v) is 2.66. The van der Waals surface area contributed by atoms with Crippen LogP contribution >= 0.6 is 0 Å². The van der Waals surface area contributed by atoms with Gasteiger partial charge in [0, 0.05) is 25.6 Å². The molecule has 1 heterocycles. The van der Waals surface area contributed by atoms with Crippen molar-refractivity contribution < 1.29 is 4.79 Å². The number of carbonyl (C=O) groups is 1. The zero-order valence-electron chi connectivity index (χ0n) is 14.4. The Hall–Kier alpha value is -2.88. The second-order valence-electron chi connectivity index (χ2n) is 6.10. The summed E-state index contributed by atoms with van der Waals surface area (Å²) < 4.78 is 1.67. The molecule has 2 aromatic carbocycles. The van der Waals surface area contributed by atoms with Crippen LogP contribution in [0.1, 0.15) is 18.1 Å². The summed E-state index contributed by atoms with van der Waals surface area (Å²) in [6, 6.07) is 16.7. The highest BCUT2D eigenvalue weighted by Gasteiger charge is 2.09. The first-order valence-corrected chi connectivity index (χ1v) is 7.94. The van der Waals surface area contributed by atoms with Gasteiger partial charge in [-0.2, -0.15) is 5.10 Å². The Morgan fingerprint density at radius 3 is 2.17 bits per heavy atom. The van der Waals surface area contributed by atoms with Crippen LogP contribution in [0.5, 0.6) is 0 Å². The molecule has 0 saturated heterocycles. The molecule has 0 aliphatic rings. The van der Waals surface area contributed by atoms with E-state index in [9.17, 15) is 4.79 Å². The molecule has 0 aliphatic heterocycles. The summed E-state index contributed by atoms with van der Waals surface area (Å²) in [5.41, 5.74) is 6.85. The number of nitrogens with one attached hydrogen (secondary N) is 1. The van der Waals surface area contributed by atoms with E-state index >= 15 is 0 Å². The van der Waals surface area contributed by atoms with Crippen LogP contribution < -0.4 is 5.32 Å². The number of amides is 1. The van der Waals surface area contributed by atoms with Crippen molar-refractivity contribution in [3.05, 3.63) is 59.7 Å². The molecule has 0 aliphatic carbocycles. The maximum absolute atomic E-state index is 11.2. The number of anilines is 1. The quantitative estimate of drug-likeness (QED) is 0.781. The fraction of sp³-hybridized carbons (Fsp3) is 0.200. The van der Waals surface area contributed by atoms with Gasteiger partial charge in [0.15, 0.2) is 0 Å². The van der Waals surface area contributed by atoms with Crippen LogP contribution in [0.2, 0.25) is 0 Å². The van der Waals surface area contributed by atoms with Gasteiger partial charge in [0.2, 0.25) is 5.91 Å². The molecule has 0 saturated carbocycles. The van der Waals surface area contributed by atoms with Gasteiger partial charge in [-0.3, -0.25) is 9.48 Å². The van der Waals surface area contributed by atoms with Crippen LogP contribution in [-0.2, 0) is 11.8 Å². The van der Waals surface area contributed by atoms with Crippen LogP contribution in [-0.4, -0.2) is 15.7 Å². The van der Waals surface area contributed by atoms with Gasteiger partial charge >= 0.3 is 0 Å². The molecule has 0 spiro atoms. The van der Waals surface area contributed by atoms with Gasteiger partial charge in [-0.25, -0.2) is 0 Å². The SMILES string of the molecule is CC(=O)Nc1cc(-c2ccc(-c3ccc(C)c(C)c3)cc2)nn1C. The second-order valence-corrected chi connectivity index (χ2v) is 6.10. The van der Waals surface area contributed by atoms with Crippen molar-refractivity contribution in [1.29, 1.82) is 0 Å². The van der Waals surface area contributed by atoms with Crippen molar-refractivity contribution in [3.8, 4) is 22.4 Å². The van der Waals surface area contributed by atoms with E-state index in [0.717, 1.165) is 11.3 Å². The summed E-state index contributed by atoms with van der Waals surface area (Å²) in [6.45, 7) is 5.74. The molecule has 4 heteroatoms. The molecule has 122 valence electrons. The molecule has 0 unspecified atom stereocenters. The molecule has 3 rings (SSSR count). The number of carbonyl (C=O) groups excluding carboxylic acids is 1. The van der Waals surface area contributed by atoms with E-state index in [1.54, 1.807) is 4.68 Å². The minimum absolute atomic E-state index is 0.102. The lowest BCUT2D eigenvalue weighted by atomic mass is 9.99. The van der Waals surface area contributed by atoms with Gasteiger partial charge in [0.1, 0.15) is 5.82 Å². The summed E-state index contributed by atoms with van der Waals surface area (Å²) in [6.07, 6.45) is 0. The number of aryl methyl sites for hydroxylation is 3. The molecule has 24 heavy (non-hydrogen) atoms. The average Bonchev–Trinajstić information content (AvgIpc) is 2.90. The largest absolute Gasteiger partial charge is 0.311 e. The van der Waals surface area contributed by atoms with E-state index in [1.807, 2.05) is 13.1 Å². The molecule has 1 N–H and O–H groups in total. The normalized spacial score (nSPS) is 10.7. The summed E-state index contributed by atoms with van der Waals surface area (Å²) in [7, 11) is 1.82. The lowest BCUT2D eigenvalue weighted by Gasteiger charge is -2.06. The van der Waals surface area contributed by atoms with Gasteiger partial charge in [-0.1, -0.05) is 42.5 Å². The average molecular weight is 319 g/mol. The number of aromatic nitrogens is 2. The van der Waals surface area contributed by atoms with Crippen LogP contribution in [0, 0.1) is 13.8 Å². The first-order chi connectivity index (χ1) is 11.4. The third kappa shape index (κ3) is 3.23. The Morgan fingerprint density at radius 2 is 1.54 bits per heavy atom. The van der Waals surface area contributed by atoms with Crippen LogP contribution in [0.3, 0.4) is 0 Å². The standard InChI is InChI=1S/C20H21N3O/c1-13-5-6-18(11-14(13)2)16-7-9-17(10-8-16)19-12-20(21-15(3)24)23(4)22-19/h5-12H,1-4H3,(H,21,24). The second kappa shape index (κ2) is 6.32. The fourth-order valence-electron chi connectivity index (χ4n) is 2.66. The van der Waals surface area contributed by atoms with E-state index in [0.29, 0.717) is 5.82 Å². The Morgan fingerprint density at radius 1 is 0.917 bits per heavy atom. The molecule has 0 fully saturated rings. The summed E-state index contributed by atoms with van der Waals surface area (Å²) in [4.78, 5) is 11.2. The van der Waals surface area contributed by atoms with E-state index in [-0.39, 0.29) is 5.91 Å². The Balaban J connectivity index is 1.89. The molecule has 1 amide bonds. The zero-order chi connectivity index (χ0) is 17.3. The van der Waals surface area contributed by atoms with Crippen molar-refractivity contribution in [2.45, 2.75) is 20.8 Å². The monoisotopic (exact) mass is 319 g/mol. The van der Waals surface area contributed by atoms with Crippen LogP contribution in [0.4, 0.5) is 5.82 Å². The molecule has 0 atom stereocenters. The Bertz CT molecular complexity index is 892. The minimum atomic E-state index is -0.102. The maximum Gasteiger partial charge on any atom is 0.222 e. The van der Waals surface area contributed by atoms with Crippen molar-refractivity contribution >= 4 is 11.7 Å². The van der Waals surface area contributed by atoms with Crippen LogP contribution in [0.25, 0.3) is 22.4 Å². The predicted molar refractivity (Wildman–Crippen MR) is 97.9 cm³/mol. The van der Waals surface area contributed by atoms with Crippen molar-refractivity contribution in [1.82, 2.24) is 9.78 Å². The molecule has 0 radical (unpaired) electrons. The Labute approximate surface area is 142 Å². The molecule has 1 aromatic heterocycles. The summed E-state index contributed by atoms with van der Waals surface area (Å²) in [5.74, 6) is 0.588. The van der Waals surface area contributed by atoms with E-state index in [2.05, 4.69) is 66.7 Å². The lowest BCUT2D eigenvalue weighted by molar-refractivity contribution is -0.114. The predicted octanol–water partition coefficient (Wildman–Crippen LogP) is 4.33. The van der Waals surface area contributed by atoms with Gasteiger partial charge in [0.25, 0.3) is 0 Å². The van der Waals surface area contributed by atoms with Gasteiger partial charge < -0.3 is 5.32 Å². The third-order valence-corrected chi connectivity index (χ3v) is 4.20. The van der Waals surface area contributed by atoms with Gasteiger partial charge in [-0.15, -0.1) is 0 Å². The number of hydrogen-bond donors (Lipinski definition) is 1. The summed E-state index contributed by atoms with van der Waals surface area (Å²) in [5, 5.41) is 7.24. The minimum Gasteiger partial charge on any atom is -0.311 e. The summed E-state index contributed by atoms with van der Waals surface area (Å²) >= 11 is 0. The van der Waals surface area contributed by atoms with E-state index < -0.39 is 0 Å². The van der Waals surface area contributed by atoms with Crippen molar-refractivity contribution in [2.24, 2.45) is 7.05 Å². The topological polar surface area (TPSA) is 46.9 Å². The molecular weight excluding hydrogens is 298 g/mol. The zero-order valence-corrected chi connectivity index (χ0v) is 14.4. The maximum atomic E-state index is 11.2. The van der Waals surface area contributed by atoms with Gasteiger partial charge in [0.05, 0.1) is 5.69 Å². The molecule has 4 nitrogen and oxygen atoms in total. The highest BCUT2D eigenvalue weighted by molar-refractivity contribution is 5.88. The molecule has 0 bridgehead atoms. The number of nitrogens with zero attached hydrogens (tertiary/aromatic N) is 2. The third-order valence-electron chi connectivity index (χ3n) is 4.20. The highest BCUT2D eigenvalue weighted by Crippen LogP contribution is 2.26. The molecule has 3 aromatic rings. The van der Waals surface area contributed by atoms with E-state index in [4.69, 9.17) is 0 Å². The first-order valence-electron chi connectivity index (χ1n) is 7.94. The van der Waals surface area contributed by atoms with Gasteiger partial charge in [-0.05, 0) is 36.1 Å². The lowest BCUT2D eigenvalue weighted by Crippen LogP contribution is -2.09. The Kier molecular flexibility index (Phi) is 4.21. The highest BCUT2D eigenvalue weighted by atomic mass is 16.1. The first kappa shape index (κ1) is 16.0. The molecular formula is C20H21N3O. The van der Waals surface area contributed by atoms with Crippen molar-refractivity contribution in [3.63, 3.8) is 0 Å². The number of hydrogen-bond acceptors (Lipinski definition) is 2. The van der Waals surface area contributed by atoms with E-state index in [1.165, 1.54) is 29.2 Å². The number of rotatable bonds is 3. The smallest absolute Gasteiger partial charge is 0.222 e. The number of benzene rings is 2.